The smallest absolute Gasteiger partial charge is 0.175 e. The minimum Gasteiger partial charge on any atom is -0.494 e. The molecule has 2 aromatic carbocycles. The van der Waals surface area contributed by atoms with E-state index in [-0.39, 0.29) is 11.0 Å². The van der Waals surface area contributed by atoms with Crippen molar-refractivity contribution in [3.05, 3.63) is 54.1 Å². The quantitative estimate of drug-likeness (QED) is 0.451. The van der Waals surface area contributed by atoms with E-state index in [4.69, 9.17) is 9.72 Å². The van der Waals surface area contributed by atoms with Crippen LogP contribution in [-0.4, -0.2) is 27.2 Å². The van der Waals surface area contributed by atoms with Crippen LogP contribution in [0.2, 0.25) is 0 Å². The maximum Gasteiger partial charge on any atom is 0.175 e. The van der Waals surface area contributed by atoms with Crippen molar-refractivity contribution in [3.8, 4) is 5.75 Å². The van der Waals surface area contributed by atoms with Gasteiger partial charge in [0, 0.05) is 12.1 Å². The Hall–Kier alpha value is -2.27. The zero-order valence-corrected chi connectivity index (χ0v) is 15.5. The summed E-state index contributed by atoms with van der Waals surface area (Å²) >= 11 is 1.51. The Balaban J connectivity index is 1.79. The van der Waals surface area contributed by atoms with Crippen LogP contribution in [0.5, 0.6) is 5.75 Å². The van der Waals surface area contributed by atoms with Gasteiger partial charge in [0.15, 0.2) is 10.9 Å². The standard InChI is InChI=1S/C20H22N2O2S/c1-4-22-18-9-7-6-8-17(18)21-20(22)25-14(3)19(23)15-10-12-16(13-11-15)24-5-2/h6-14H,4-5H2,1-3H3/t14-/m0/s1. The van der Waals surface area contributed by atoms with Crippen LogP contribution >= 0.6 is 11.8 Å². The number of ether oxygens (including phenoxy) is 1. The van der Waals surface area contributed by atoms with Gasteiger partial charge >= 0.3 is 0 Å². The molecule has 0 aliphatic carbocycles. The third kappa shape index (κ3) is 3.71. The van der Waals surface area contributed by atoms with E-state index in [2.05, 4.69) is 17.6 Å². The van der Waals surface area contributed by atoms with E-state index in [1.54, 1.807) is 0 Å². The SMILES string of the molecule is CCOc1ccc(C(=O)[C@H](C)Sc2nc3ccccc3n2CC)cc1. The molecule has 1 aromatic heterocycles. The molecule has 3 rings (SSSR count). The Morgan fingerprint density at radius 1 is 1.16 bits per heavy atom. The zero-order valence-electron chi connectivity index (χ0n) is 14.7. The molecule has 25 heavy (non-hydrogen) atoms. The van der Waals surface area contributed by atoms with Crippen LogP contribution in [-0.2, 0) is 6.54 Å². The number of benzene rings is 2. The second kappa shape index (κ2) is 7.74. The van der Waals surface area contributed by atoms with Crippen LogP contribution in [0.15, 0.2) is 53.7 Å². The van der Waals surface area contributed by atoms with Crippen molar-refractivity contribution in [1.29, 1.82) is 0 Å². The first-order valence-electron chi connectivity index (χ1n) is 8.53. The Morgan fingerprint density at radius 2 is 1.88 bits per heavy atom. The lowest BCUT2D eigenvalue weighted by atomic mass is 10.1. The molecule has 5 heteroatoms. The number of nitrogens with zero attached hydrogens (tertiary/aromatic N) is 2. The highest BCUT2D eigenvalue weighted by atomic mass is 32.2. The molecule has 0 amide bonds. The Labute approximate surface area is 152 Å². The number of ketones is 1. The summed E-state index contributed by atoms with van der Waals surface area (Å²) < 4.78 is 7.59. The number of carbonyl (C=O) groups is 1. The van der Waals surface area contributed by atoms with Crippen LogP contribution in [0.1, 0.15) is 31.1 Å². The van der Waals surface area contributed by atoms with Crippen LogP contribution < -0.4 is 4.74 Å². The summed E-state index contributed by atoms with van der Waals surface area (Å²) in [7, 11) is 0. The topological polar surface area (TPSA) is 44.1 Å². The van der Waals surface area contributed by atoms with Gasteiger partial charge in [0.25, 0.3) is 0 Å². The highest BCUT2D eigenvalue weighted by Crippen LogP contribution is 2.29. The molecular formula is C20H22N2O2S. The van der Waals surface area contributed by atoms with Crippen molar-refractivity contribution < 1.29 is 9.53 Å². The van der Waals surface area contributed by atoms with Crippen LogP contribution in [0.4, 0.5) is 0 Å². The van der Waals surface area contributed by atoms with Crippen molar-refractivity contribution in [2.24, 2.45) is 0 Å². The monoisotopic (exact) mass is 354 g/mol. The van der Waals surface area contributed by atoms with Crippen molar-refractivity contribution in [3.63, 3.8) is 0 Å². The van der Waals surface area contributed by atoms with Gasteiger partial charge in [0.2, 0.25) is 0 Å². The van der Waals surface area contributed by atoms with Crippen LogP contribution in [0, 0.1) is 0 Å². The minimum atomic E-state index is -0.208. The first-order chi connectivity index (χ1) is 12.1. The number of aryl methyl sites for hydroxylation is 1. The van der Waals surface area contributed by atoms with Gasteiger partial charge in [-0.05, 0) is 57.2 Å². The average Bonchev–Trinajstić information content (AvgIpc) is 2.99. The lowest BCUT2D eigenvalue weighted by Gasteiger charge is -2.12. The number of aromatic nitrogens is 2. The summed E-state index contributed by atoms with van der Waals surface area (Å²) in [5.74, 6) is 0.884. The summed E-state index contributed by atoms with van der Waals surface area (Å²) in [4.78, 5) is 17.4. The second-order valence-electron chi connectivity index (χ2n) is 5.71. The Bertz CT molecular complexity index is 871. The molecule has 1 heterocycles. The number of rotatable bonds is 7. The summed E-state index contributed by atoms with van der Waals surface area (Å²) in [6.07, 6.45) is 0. The maximum absolute atomic E-state index is 12.7. The zero-order chi connectivity index (χ0) is 17.8. The summed E-state index contributed by atoms with van der Waals surface area (Å²) in [5.41, 5.74) is 2.77. The van der Waals surface area contributed by atoms with Gasteiger partial charge in [0.05, 0.1) is 22.9 Å². The molecule has 0 saturated carbocycles. The fourth-order valence-electron chi connectivity index (χ4n) is 2.78. The van der Waals surface area contributed by atoms with Crippen LogP contribution in [0.3, 0.4) is 0 Å². The molecule has 0 aliphatic heterocycles. The molecule has 1 atom stereocenters. The van der Waals surface area contributed by atoms with E-state index < -0.39 is 0 Å². The first-order valence-corrected chi connectivity index (χ1v) is 9.41. The fourth-order valence-corrected chi connectivity index (χ4v) is 3.84. The van der Waals surface area contributed by atoms with Gasteiger partial charge < -0.3 is 9.30 Å². The summed E-state index contributed by atoms with van der Waals surface area (Å²) in [6, 6.07) is 15.4. The van der Waals surface area contributed by atoms with Gasteiger partial charge in [-0.2, -0.15) is 0 Å². The molecular weight excluding hydrogens is 332 g/mol. The normalized spacial score (nSPS) is 12.3. The number of imidazole rings is 1. The third-order valence-electron chi connectivity index (χ3n) is 4.04. The van der Waals surface area contributed by atoms with E-state index in [0.29, 0.717) is 12.2 Å². The summed E-state index contributed by atoms with van der Waals surface area (Å²) in [5, 5.41) is 0.676. The summed E-state index contributed by atoms with van der Waals surface area (Å²) in [6.45, 7) is 7.41. The molecule has 0 fully saturated rings. The van der Waals surface area contributed by atoms with Gasteiger partial charge in [-0.3, -0.25) is 4.79 Å². The van der Waals surface area contributed by atoms with Crippen molar-refractivity contribution in [2.45, 2.75) is 37.7 Å². The second-order valence-corrected chi connectivity index (χ2v) is 7.02. The van der Waals surface area contributed by atoms with Crippen LogP contribution in [0.25, 0.3) is 11.0 Å². The average molecular weight is 354 g/mol. The number of fused-ring (bicyclic) bond motifs is 1. The van der Waals surface area contributed by atoms with E-state index in [1.807, 2.05) is 56.3 Å². The molecule has 0 N–H and O–H groups in total. The van der Waals surface area contributed by atoms with Crippen molar-refractivity contribution in [1.82, 2.24) is 9.55 Å². The third-order valence-corrected chi connectivity index (χ3v) is 5.13. The van der Waals surface area contributed by atoms with Crippen molar-refractivity contribution >= 4 is 28.6 Å². The maximum atomic E-state index is 12.7. The van der Waals surface area contributed by atoms with E-state index >= 15 is 0 Å². The minimum absolute atomic E-state index is 0.0998. The van der Waals surface area contributed by atoms with Gasteiger partial charge in [-0.25, -0.2) is 4.98 Å². The fraction of sp³-hybridized carbons (Fsp3) is 0.300. The number of thioether (sulfide) groups is 1. The molecule has 0 radical (unpaired) electrons. The molecule has 0 saturated heterocycles. The number of carbonyl (C=O) groups excluding carboxylic acids is 1. The number of hydrogen-bond acceptors (Lipinski definition) is 4. The molecule has 0 aliphatic rings. The predicted octanol–water partition coefficient (Wildman–Crippen LogP) is 4.82. The highest BCUT2D eigenvalue weighted by Gasteiger charge is 2.20. The first kappa shape index (κ1) is 17.5. The molecule has 4 nitrogen and oxygen atoms in total. The predicted molar refractivity (Wildman–Crippen MR) is 103 cm³/mol. The molecule has 0 unspecified atom stereocenters. The number of para-hydroxylation sites is 2. The van der Waals surface area contributed by atoms with E-state index in [1.165, 1.54) is 11.8 Å². The van der Waals surface area contributed by atoms with E-state index in [9.17, 15) is 4.79 Å². The van der Waals surface area contributed by atoms with Gasteiger partial charge in [-0.15, -0.1) is 0 Å². The largest absolute Gasteiger partial charge is 0.494 e. The lowest BCUT2D eigenvalue weighted by molar-refractivity contribution is 0.0994. The molecule has 0 spiro atoms. The molecule has 3 aromatic rings. The molecule has 130 valence electrons. The Kier molecular flexibility index (Phi) is 5.43. The highest BCUT2D eigenvalue weighted by molar-refractivity contribution is 8.00. The molecule has 0 bridgehead atoms. The van der Waals surface area contributed by atoms with Crippen molar-refractivity contribution in [2.75, 3.05) is 6.61 Å². The van der Waals surface area contributed by atoms with Gasteiger partial charge in [-0.1, -0.05) is 23.9 Å². The lowest BCUT2D eigenvalue weighted by Crippen LogP contribution is -2.14. The van der Waals surface area contributed by atoms with Gasteiger partial charge in [0.1, 0.15) is 5.75 Å². The number of hydrogen-bond donors (Lipinski definition) is 0. The Morgan fingerprint density at radius 3 is 2.56 bits per heavy atom. The van der Waals surface area contributed by atoms with E-state index in [0.717, 1.165) is 28.5 Å². The number of Topliss-reactive ketones (excluding diaryl/α,β-unsaturated/α-hetero) is 1.